The summed E-state index contributed by atoms with van der Waals surface area (Å²) in [5.41, 5.74) is -1.08. The second-order valence-electron chi connectivity index (χ2n) is 8.45. The molecule has 3 aliphatic heterocycles. The molecule has 8 nitrogen and oxygen atoms in total. The largest absolute Gasteiger partial charge is 0.466 e. The third kappa shape index (κ3) is 4.04. The smallest absolute Gasteiger partial charge is 0.312 e. The van der Waals surface area contributed by atoms with Crippen molar-refractivity contribution in [2.45, 2.75) is 62.1 Å². The van der Waals surface area contributed by atoms with Gasteiger partial charge >= 0.3 is 5.97 Å². The number of hydrogen-bond donors (Lipinski definition) is 1. The van der Waals surface area contributed by atoms with Crippen LogP contribution in [0.2, 0.25) is 0 Å². The molecular formula is C22H33BrN2O6. The van der Waals surface area contributed by atoms with Crippen LogP contribution in [0.3, 0.4) is 0 Å². The van der Waals surface area contributed by atoms with Gasteiger partial charge in [0.2, 0.25) is 11.8 Å². The summed E-state index contributed by atoms with van der Waals surface area (Å²) in [5.74, 6) is -2.41. The predicted molar refractivity (Wildman–Crippen MR) is 117 cm³/mol. The first-order valence-electron chi connectivity index (χ1n) is 11.2. The average Bonchev–Trinajstić information content (AvgIpc) is 3.32. The van der Waals surface area contributed by atoms with E-state index in [0.717, 1.165) is 12.8 Å². The maximum atomic E-state index is 13.8. The molecule has 174 valence electrons. The Hall–Kier alpha value is -1.45. The lowest BCUT2D eigenvalue weighted by atomic mass is 9.70. The first-order valence-corrected chi connectivity index (χ1v) is 12.1. The Bertz CT molecular complexity index is 718. The number of ether oxygens (including phenoxy) is 2. The molecule has 3 saturated heterocycles. The van der Waals surface area contributed by atoms with E-state index >= 15 is 0 Å². The van der Waals surface area contributed by atoms with Gasteiger partial charge in [0.1, 0.15) is 11.6 Å². The van der Waals surface area contributed by atoms with Gasteiger partial charge in [-0.1, -0.05) is 35.4 Å². The van der Waals surface area contributed by atoms with Crippen molar-refractivity contribution in [2.75, 3.05) is 32.8 Å². The fraction of sp³-hybridized carbons (Fsp3) is 0.773. The zero-order valence-electron chi connectivity index (χ0n) is 18.3. The van der Waals surface area contributed by atoms with Crippen molar-refractivity contribution in [3.05, 3.63) is 12.7 Å². The zero-order chi connectivity index (χ0) is 22.8. The molecule has 0 aromatic heterocycles. The van der Waals surface area contributed by atoms with Gasteiger partial charge < -0.3 is 24.4 Å². The molecule has 0 aliphatic carbocycles. The number of aliphatic hydroxyl groups is 1. The van der Waals surface area contributed by atoms with Crippen LogP contribution in [0.5, 0.6) is 0 Å². The molecule has 0 saturated carbocycles. The molecule has 9 heteroatoms. The molecule has 3 aliphatic rings. The lowest BCUT2D eigenvalue weighted by molar-refractivity contribution is -0.154. The van der Waals surface area contributed by atoms with Gasteiger partial charge in [0, 0.05) is 31.1 Å². The van der Waals surface area contributed by atoms with E-state index in [1.807, 2.05) is 0 Å². The Morgan fingerprint density at radius 3 is 2.77 bits per heavy atom. The standard InChI is InChI=1S/C22H33BrN2O6/c1-4-7-10-24(9-5-2)20(28)18-22-13-14(23)17(31-22)15(21(29)30-6-3)16(22)19(27)25(18)11-8-12-26/h5,14-18,26H,2,4,6-13H2,1,3H3/t14?,15-,16+,17-,18-,22+/m1/s1. The number of nitrogens with zero attached hydrogens (tertiary/aromatic N) is 2. The van der Waals surface area contributed by atoms with Gasteiger partial charge in [-0.05, 0) is 26.2 Å². The van der Waals surface area contributed by atoms with Crippen LogP contribution in [0.25, 0.3) is 0 Å². The summed E-state index contributed by atoms with van der Waals surface area (Å²) in [6, 6.07) is -0.835. The van der Waals surface area contributed by atoms with Crippen molar-refractivity contribution in [1.82, 2.24) is 9.80 Å². The molecule has 2 amide bonds. The van der Waals surface area contributed by atoms with Gasteiger partial charge in [-0.15, -0.1) is 6.58 Å². The molecule has 1 unspecified atom stereocenters. The second-order valence-corrected chi connectivity index (χ2v) is 9.63. The molecule has 6 atom stereocenters. The van der Waals surface area contributed by atoms with Gasteiger partial charge in [0.05, 0.1) is 24.5 Å². The average molecular weight is 501 g/mol. The van der Waals surface area contributed by atoms with Gasteiger partial charge in [-0.25, -0.2) is 0 Å². The summed E-state index contributed by atoms with van der Waals surface area (Å²) in [7, 11) is 0. The number of alkyl halides is 1. The molecule has 0 aromatic carbocycles. The summed E-state index contributed by atoms with van der Waals surface area (Å²) in [6.07, 6.45) is 3.75. The van der Waals surface area contributed by atoms with Crippen LogP contribution in [0.4, 0.5) is 0 Å². The number of aliphatic hydroxyl groups excluding tert-OH is 1. The van der Waals surface area contributed by atoms with E-state index in [0.29, 0.717) is 25.9 Å². The van der Waals surface area contributed by atoms with Crippen molar-refractivity contribution in [3.8, 4) is 0 Å². The number of unbranched alkanes of at least 4 members (excludes halogenated alkanes) is 1. The molecule has 0 radical (unpaired) electrons. The van der Waals surface area contributed by atoms with Crippen LogP contribution < -0.4 is 0 Å². The van der Waals surface area contributed by atoms with E-state index in [4.69, 9.17) is 9.47 Å². The van der Waals surface area contributed by atoms with Crippen molar-refractivity contribution < 1.29 is 29.0 Å². The maximum absolute atomic E-state index is 13.8. The monoisotopic (exact) mass is 500 g/mol. The highest BCUT2D eigenvalue weighted by Crippen LogP contribution is 2.60. The van der Waals surface area contributed by atoms with E-state index in [-0.39, 0.29) is 36.4 Å². The molecule has 3 heterocycles. The van der Waals surface area contributed by atoms with E-state index in [1.165, 1.54) is 4.90 Å². The van der Waals surface area contributed by atoms with E-state index in [2.05, 4.69) is 29.4 Å². The second kappa shape index (κ2) is 10.0. The molecule has 3 fully saturated rings. The van der Waals surface area contributed by atoms with E-state index in [1.54, 1.807) is 17.9 Å². The van der Waals surface area contributed by atoms with Crippen molar-refractivity contribution in [2.24, 2.45) is 11.8 Å². The van der Waals surface area contributed by atoms with Crippen LogP contribution in [-0.4, -0.2) is 88.1 Å². The number of rotatable bonds is 11. The molecule has 0 aromatic rings. The van der Waals surface area contributed by atoms with Gasteiger partial charge in [-0.2, -0.15) is 0 Å². The quantitative estimate of drug-likeness (QED) is 0.262. The highest BCUT2D eigenvalue weighted by atomic mass is 79.9. The maximum Gasteiger partial charge on any atom is 0.312 e. The van der Waals surface area contributed by atoms with E-state index < -0.39 is 35.6 Å². The highest BCUT2D eigenvalue weighted by molar-refractivity contribution is 9.09. The first-order chi connectivity index (χ1) is 14.9. The predicted octanol–water partition coefficient (Wildman–Crippen LogP) is 1.49. The number of carbonyl (C=O) groups is 3. The number of fused-ring (bicyclic) bond motifs is 1. The summed E-state index contributed by atoms with van der Waals surface area (Å²) in [6.45, 7) is 8.84. The third-order valence-electron chi connectivity index (χ3n) is 6.58. The van der Waals surface area contributed by atoms with Crippen molar-refractivity contribution >= 4 is 33.7 Å². The normalized spacial score (nSPS) is 33.5. The summed E-state index contributed by atoms with van der Waals surface area (Å²) < 4.78 is 11.6. The Morgan fingerprint density at radius 2 is 2.16 bits per heavy atom. The minimum absolute atomic E-state index is 0.0968. The Labute approximate surface area is 192 Å². The molecule has 1 spiro atoms. The lowest BCUT2D eigenvalue weighted by Crippen LogP contribution is -2.57. The molecule has 3 rings (SSSR count). The van der Waals surface area contributed by atoms with Crippen LogP contribution in [0, 0.1) is 11.8 Å². The van der Waals surface area contributed by atoms with Crippen LogP contribution in [0.15, 0.2) is 12.7 Å². The molecule has 31 heavy (non-hydrogen) atoms. The van der Waals surface area contributed by atoms with Crippen LogP contribution >= 0.6 is 15.9 Å². The van der Waals surface area contributed by atoms with Crippen molar-refractivity contribution in [3.63, 3.8) is 0 Å². The minimum atomic E-state index is -1.08. The third-order valence-corrected chi connectivity index (χ3v) is 7.43. The van der Waals surface area contributed by atoms with Crippen LogP contribution in [-0.2, 0) is 23.9 Å². The zero-order valence-corrected chi connectivity index (χ0v) is 19.9. The summed E-state index contributed by atoms with van der Waals surface area (Å²) in [4.78, 5) is 43.3. The number of amides is 2. The summed E-state index contributed by atoms with van der Waals surface area (Å²) >= 11 is 3.62. The number of carbonyl (C=O) groups excluding carboxylic acids is 3. The van der Waals surface area contributed by atoms with Crippen molar-refractivity contribution in [1.29, 1.82) is 0 Å². The van der Waals surface area contributed by atoms with Crippen LogP contribution in [0.1, 0.15) is 39.5 Å². The molecular weight excluding hydrogens is 468 g/mol. The Morgan fingerprint density at radius 1 is 1.42 bits per heavy atom. The number of hydrogen-bond acceptors (Lipinski definition) is 6. The number of esters is 1. The summed E-state index contributed by atoms with van der Waals surface area (Å²) in [5, 5.41) is 9.37. The van der Waals surface area contributed by atoms with E-state index in [9.17, 15) is 19.5 Å². The lowest BCUT2D eigenvalue weighted by Gasteiger charge is -2.37. The number of likely N-dealkylation sites (tertiary alicyclic amines) is 1. The Kier molecular flexibility index (Phi) is 7.81. The fourth-order valence-electron chi connectivity index (χ4n) is 5.37. The number of halogens is 1. The topological polar surface area (TPSA) is 96.4 Å². The molecule has 1 N–H and O–H groups in total. The van der Waals surface area contributed by atoms with Gasteiger partial charge in [-0.3, -0.25) is 14.4 Å². The Balaban J connectivity index is 2.01. The molecule has 2 bridgehead atoms. The van der Waals surface area contributed by atoms with Gasteiger partial charge in [0.25, 0.3) is 0 Å². The highest BCUT2D eigenvalue weighted by Gasteiger charge is 2.76. The SMILES string of the molecule is C=CCN(CCCC)C(=O)[C@H]1N(CCCO)C(=O)[C@@H]2[C@@H](C(=O)OCC)[C@@H]3O[C@@]21CC3Br. The van der Waals surface area contributed by atoms with Gasteiger partial charge in [0.15, 0.2) is 0 Å². The fourth-order valence-corrected chi connectivity index (χ4v) is 6.31. The first kappa shape index (κ1) is 24.2. The minimum Gasteiger partial charge on any atom is -0.466 e.